The second-order valence-corrected chi connectivity index (χ2v) is 16.4. The predicted molar refractivity (Wildman–Crippen MR) is 171 cm³/mol. The molecule has 0 atom stereocenters. The van der Waals surface area contributed by atoms with Crippen LogP contribution in [0.15, 0.2) is 60.7 Å². The maximum absolute atomic E-state index is 2.00. The first-order chi connectivity index (χ1) is 17.9. The van der Waals surface area contributed by atoms with Gasteiger partial charge in [-0.2, -0.15) is 18.2 Å². The molecule has 0 heterocycles. The van der Waals surface area contributed by atoms with Crippen LogP contribution in [-0.2, 0) is 33.6 Å². The molecule has 2 radical (unpaired) electrons. The molecule has 0 unspecified atom stereocenters. The van der Waals surface area contributed by atoms with Crippen molar-refractivity contribution >= 4 is 17.2 Å². The molecule has 0 spiro atoms. The first-order valence-electron chi connectivity index (χ1n) is 15.9. The van der Waals surface area contributed by atoms with Crippen LogP contribution in [0.2, 0.25) is 0 Å². The molecule has 226 valence electrons. The van der Waals surface area contributed by atoms with Crippen molar-refractivity contribution in [2.45, 2.75) is 151 Å². The Labute approximate surface area is 261 Å². The molecule has 4 heteroatoms. The summed E-state index contributed by atoms with van der Waals surface area (Å²) in [6.45, 7) is 0. The van der Waals surface area contributed by atoms with E-state index < -0.39 is 0 Å². The second-order valence-electron chi connectivity index (χ2n) is 11.9. The van der Waals surface area contributed by atoms with E-state index >= 15 is 0 Å². The average molecular weight is 647 g/mol. The normalized spacial score (nSPS) is 21.1. The van der Waals surface area contributed by atoms with Crippen LogP contribution >= 0.6 is 17.2 Å². The first kappa shape index (κ1) is 36.6. The Balaban J connectivity index is 0.000000270. The number of hydrogen-bond acceptors (Lipinski definition) is 0. The van der Waals surface area contributed by atoms with Crippen molar-refractivity contribution in [3.63, 3.8) is 0 Å². The van der Waals surface area contributed by atoms with E-state index in [2.05, 4.69) is 0 Å². The Hall–Kier alpha value is 0.573. The smallest absolute Gasteiger partial charge is 0.0655 e. The molecule has 0 aliphatic heterocycles. The minimum Gasteiger partial charge on any atom is -0.748 e. The number of hydrogen-bond donors (Lipinski definition) is 0. The van der Waals surface area contributed by atoms with Crippen LogP contribution < -0.4 is 0 Å². The molecule has 0 amide bonds. The Morgan fingerprint density at radius 1 is 0.368 bits per heavy atom. The molecular weight excluding hydrogens is 588 g/mol. The molecule has 4 aliphatic rings. The van der Waals surface area contributed by atoms with Gasteiger partial charge in [-0.3, -0.25) is 0 Å². The van der Waals surface area contributed by atoms with Gasteiger partial charge in [-0.25, -0.2) is 12.1 Å². The van der Waals surface area contributed by atoms with Crippen LogP contribution in [0.3, 0.4) is 0 Å². The molecule has 2 aromatic rings. The van der Waals surface area contributed by atoms with Crippen LogP contribution in [0.25, 0.3) is 0 Å². The molecule has 2 aromatic carbocycles. The number of rotatable bonds is 4. The maximum atomic E-state index is 2.00. The zero-order chi connectivity index (χ0) is 24.9. The van der Waals surface area contributed by atoms with E-state index in [1.165, 1.54) is 48.3 Å². The van der Waals surface area contributed by atoms with Gasteiger partial charge in [0.2, 0.25) is 0 Å². The van der Waals surface area contributed by atoms with Gasteiger partial charge >= 0.3 is 0 Å². The van der Waals surface area contributed by atoms with Gasteiger partial charge in [-0.05, 0) is 120 Å². The SMILES string of the molecule is C1CCC([PH2+]C2CCCCC2)CC1.C1CCC([PH2+]C2CCCCC2)CC1.[Co].[Co].[cH-]1[cH-][cH-][cH-][cH-]1.c1cc[cH-]c1. The van der Waals surface area contributed by atoms with Gasteiger partial charge in [0.1, 0.15) is 0 Å². The minimum atomic E-state index is 0. The zero-order valence-electron chi connectivity index (χ0n) is 24.0. The van der Waals surface area contributed by atoms with Crippen LogP contribution in [-0.4, -0.2) is 22.6 Å². The summed E-state index contributed by atoms with van der Waals surface area (Å²) in [6.07, 6.45) is 31.2. The zero-order valence-corrected chi connectivity index (χ0v) is 28.4. The molecule has 0 nitrogen and oxygen atoms in total. The molecule has 0 aromatic heterocycles. The van der Waals surface area contributed by atoms with Crippen molar-refractivity contribution in [1.82, 2.24) is 0 Å². The Morgan fingerprint density at radius 3 is 0.789 bits per heavy atom. The van der Waals surface area contributed by atoms with Gasteiger partial charge in [0.15, 0.2) is 0 Å². The van der Waals surface area contributed by atoms with Crippen molar-refractivity contribution < 1.29 is 33.6 Å². The Kier molecular flexibility index (Phi) is 24.4. The third kappa shape index (κ3) is 18.1. The second kappa shape index (κ2) is 25.3. The summed E-state index contributed by atoms with van der Waals surface area (Å²) in [7, 11) is 1.65. The quantitative estimate of drug-likeness (QED) is 0.229. The standard InChI is InChI=1S/2C12H23P.2C5H5.2Co/c2*1-3-7-11(8-4-1)13-12-9-5-2-6-10-12;2*1-2-4-5-3-1;;/h2*11-13H,1-10H2;2*1-5H;;/q;;-5;-1;;/p+2. The fourth-order valence-corrected chi connectivity index (χ4v) is 11.7. The summed E-state index contributed by atoms with van der Waals surface area (Å²) in [4.78, 5) is 0. The van der Waals surface area contributed by atoms with E-state index in [-0.39, 0.29) is 33.6 Å². The van der Waals surface area contributed by atoms with Crippen LogP contribution in [0, 0.1) is 0 Å². The molecule has 6 rings (SSSR count). The summed E-state index contributed by atoms with van der Waals surface area (Å²) in [6, 6.07) is 20.0. The van der Waals surface area contributed by atoms with Crippen LogP contribution in [0.4, 0.5) is 0 Å². The van der Waals surface area contributed by atoms with Gasteiger partial charge in [0.25, 0.3) is 0 Å². The minimum absolute atomic E-state index is 0. The average Bonchev–Trinajstić information content (AvgIpc) is 3.72. The van der Waals surface area contributed by atoms with E-state index in [0.717, 1.165) is 17.2 Å². The largest absolute Gasteiger partial charge is 0.748 e. The molecule has 4 aliphatic carbocycles. The molecule has 0 saturated heterocycles. The van der Waals surface area contributed by atoms with Crippen molar-refractivity contribution in [3.8, 4) is 0 Å². The van der Waals surface area contributed by atoms with Gasteiger partial charge < -0.3 is 30.3 Å². The fourth-order valence-electron chi connectivity index (χ4n) is 6.72. The van der Waals surface area contributed by atoms with Crippen molar-refractivity contribution in [2.24, 2.45) is 0 Å². The molecule has 0 N–H and O–H groups in total. The predicted octanol–water partition coefficient (Wildman–Crippen LogP) is 10.9. The topological polar surface area (TPSA) is 0 Å². The maximum Gasteiger partial charge on any atom is 0.0655 e. The third-order valence-electron chi connectivity index (χ3n) is 8.80. The van der Waals surface area contributed by atoms with Gasteiger partial charge in [0.05, 0.1) is 22.6 Å². The molecule has 38 heavy (non-hydrogen) atoms. The van der Waals surface area contributed by atoms with Crippen molar-refractivity contribution in [1.29, 1.82) is 0 Å². The summed E-state index contributed by atoms with van der Waals surface area (Å²) < 4.78 is 0. The van der Waals surface area contributed by atoms with Crippen LogP contribution in [0.1, 0.15) is 128 Å². The molecule has 4 fully saturated rings. The Bertz CT molecular complexity index is 537. The molecule has 4 saturated carbocycles. The van der Waals surface area contributed by atoms with E-state index in [1.807, 2.05) is 60.7 Å². The summed E-state index contributed by atoms with van der Waals surface area (Å²) >= 11 is 0. The monoisotopic (exact) mass is 646 g/mol. The van der Waals surface area contributed by atoms with Gasteiger partial charge in [-0.15, -0.1) is 0 Å². The summed E-state index contributed by atoms with van der Waals surface area (Å²) in [5.41, 5.74) is 4.82. The summed E-state index contributed by atoms with van der Waals surface area (Å²) in [5, 5.41) is 0. The van der Waals surface area contributed by atoms with Gasteiger partial charge in [-0.1, -0.05) is 25.7 Å². The van der Waals surface area contributed by atoms with Crippen molar-refractivity contribution in [3.05, 3.63) is 60.7 Å². The Morgan fingerprint density at radius 2 is 0.605 bits per heavy atom. The van der Waals surface area contributed by atoms with Crippen LogP contribution in [0.5, 0.6) is 0 Å². The third-order valence-corrected chi connectivity index (χ3v) is 13.6. The van der Waals surface area contributed by atoms with E-state index in [1.54, 1.807) is 103 Å². The fraction of sp³-hybridized carbons (Fsp3) is 0.706. The first-order valence-corrected chi connectivity index (χ1v) is 18.6. The molecule has 0 bridgehead atoms. The molecular formula is C34H58Co2P2-4. The summed E-state index contributed by atoms with van der Waals surface area (Å²) in [5.74, 6) is 0. The van der Waals surface area contributed by atoms with E-state index in [4.69, 9.17) is 0 Å². The van der Waals surface area contributed by atoms with Crippen molar-refractivity contribution in [2.75, 3.05) is 0 Å². The van der Waals surface area contributed by atoms with E-state index in [0.29, 0.717) is 0 Å². The van der Waals surface area contributed by atoms with Gasteiger partial charge in [0, 0.05) is 33.6 Å². The van der Waals surface area contributed by atoms with E-state index in [9.17, 15) is 0 Å².